The summed E-state index contributed by atoms with van der Waals surface area (Å²) in [7, 11) is 1.54. The van der Waals surface area contributed by atoms with Gasteiger partial charge in [-0.15, -0.1) is 0 Å². The summed E-state index contributed by atoms with van der Waals surface area (Å²) >= 11 is 11.3. The molecule has 0 atom stereocenters. The molecule has 0 fully saturated rings. The maximum absolute atomic E-state index is 12.6. The van der Waals surface area contributed by atoms with E-state index in [1.165, 1.54) is 12.8 Å². The van der Waals surface area contributed by atoms with Gasteiger partial charge in [-0.2, -0.15) is 0 Å². The van der Waals surface area contributed by atoms with Crippen molar-refractivity contribution in [1.82, 2.24) is 5.32 Å². The van der Waals surface area contributed by atoms with Crippen LogP contribution in [0.15, 0.2) is 42.5 Å². The van der Waals surface area contributed by atoms with Crippen LogP contribution in [-0.2, 0) is 0 Å². The molecule has 0 aliphatic rings. The highest BCUT2D eigenvalue weighted by molar-refractivity contribution is 7.80. The fourth-order valence-electron chi connectivity index (χ4n) is 2.57. The molecular weight excluding hydrogens is 396 g/mol. The van der Waals surface area contributed by atoms with Crippen molar-refractivity contribution in [3.63, 3.8) is 0 Å². The number of para-hydroxylation sites is 1. The van der Waals surface area contributed by atoms with Crippen molar-refractivity contribution in [3.05, 3.63) is 53.1 Å². The van der Waals surface area contributed by atoms with Gasteiger partial charge in [-0.05, 0) is 49.0 Å². The number of ether oxygens (including phenoxy) is 2. The molecule has 2 rings (SSSR count). The molecule has 0 aliphatic carbocycles. The smallest absolute Gasteiger partial charge is 0.261 e. The Morgan fingerprint density at radius 2 is 1.89 bits per heavy atom. The summed E-state index contributed by atoms with van der Waals surface area (Å²) in [6, 6.07) is 12.3. The molecule has 0 aliphatic heterocycles. The molecule has 0 spiro atoms. The van der Waals surface area contributed by atoms with Gasteiger partial charge >= 0.3 is 0 Å². The molecule has 0 aromatic heterocycles. The number of unbranched alkanes of at least 4 members (excludes halogenated alkanes) is 3. The van der Waals surface area contributed by atoms with Crippen LogP contribution in [0.1, 0.15) is 43.0 Å². The number of thiocarbonyl (C=S) groups is 1. The van der Waals surface area contributed by atoms with Crippen molar-refractivity contribution in [2.45, 2.75) is 32.6 Å². The normalized spacial score (nSPS) is 10.2. The van der Waals surface area contributed by atoms with E-state index in [1.54, 1.807) is 43.5 Å². The lowest BCUT2D eigenvalue weighted by molar-refractivity contribution is 0.0973. The minimum atomic E-state index is -0.332. The summed E-state index contributed by atoms with van der Waals surface area (Å²) in [5.74, 6) is 0.778. The van der Waals surface area contributed by atoms with E-state index in [0.717, 1.165) is 12.8 Å². The molecule has 5 nitrogen and oxygen atoms in total. The van der Waals surface area contributed by atoms with Crippen LogP contribution >= 0.6 is 23.8 Å². The Morgan fingerprint density at radius 1 is 1.11 bits per heavy atom. The van der Waals surface area contributed by atoms with E-state index in [9.17, 15) is 4.79 Å². The number of hydrogen-bond donors (Lipinski definition) is 2. The quantitative estimate of drug-likeness (QED) is 0.418. The second-order valence-corrected chi connectivity index (χ2v) is 6.98. The zero-order valence-corrected chi connectivity index (χ0v) is 17.7. The highest BCUT2D eigenvalue weighted by atomic mass is 35.5. The van der Waals surface area contributed by atoms with Gasteiger partial charge in [-0.25, -0.2) is 0 Å². The maximum Gasteiger partial charge on any atom is 0.261 e. The monoisotopic (exact) mass is 420 g/mol. The van der Waals surface area contributed by atoms with E-state index in [-0.39, 0.29) is 11.0 Å². The average Bonchev–Trinajstić information content (AvgIpc) is 2.68. The predicted molar refractivity (Wildman–Crippen MR) is 118 cm³/mol. The van der Waals surface area contributed by atoms with Crippen LogP contribution in [0.5, 0.6) is 11.5 Å². The summed E-state index contributed by atoms with van der Waals surface area (Å²) < 4.78 is 10.9. The average molecular weight is 421 g/mol. The summed E-state index contributed by atoms with van der Waals surface area (Å²) in [6.45, 7) is 2.74. The number of carbonyl (C=O) groups is 1. The third-order valence-corrected chi connectivity index (χ3v) is 4.52. The standard InChI is InChI=1S/C21H25ClN2O3S/c1-3-4-5-8-13-27-18-10-7-6-9-16(18)20(25)24-21(28)23-15-11-12-19(26-2)17(22)14-15/h6-7,9-12,14H,3-5,8,13H2,1-2H3,(H2,23,24,25,28). The molecule has 2 aromatic carbocycles. The molecule has 2 N–H and O–H groups in total. The minimum Gasteiger partial charge on any atom is -0.495 e. The van der Waals surface area contributed by atoms with E-state index >= 15 is 0 Å². The molecule has 2 aromatic rings. The number of anilines is 1. The van der Waals surface area contributed by atoms with E-state index in [2.05, 4.69) is 17.6 Å². The fourth-order valence-corrected chi connectivity index (χ4v) is 3.04. The molecule has 1 amide bonds. The SMILES string of the molecule is CCCCCCOc1ccccc1C(=O)NC(=S)Nc1ccc(OC)c(Cl)c1. The first kappa shape index (κ1) is 22.0. The lowest BCUT2D eigenvalue weighted by Gasteiger charge is -2.13. The molecular formula is C21H25ClN2O3S. The largest absolute Gasteiger partial charge is 0.495 e. The van der Waals surface area contributed by atoms with Crippen LogP contribution in [0.4, 0.5) is 5.69 Å². The van der Waals surface area contributed by atoms with Crippen molar-refractivity contribution in [3.8, 4) is 11.5 Å². The van der Waals surface area contributed by atoms with Gasteiger partial charge in [0.2, 0.25) is 0 Å². The Hall–Kier alpha value is -2.31. The first-order chi connectivity index (χ1) is 13.5. The van der Waals surface area contributed by atoms with Crippen LogP contribution in [-0.4, -0.2) is 24.7 Å². The Morgan fingerprint density at radius 3 is 2.61 bits per heavy atom. The van der Waals surface area contributed by atoms with Crippen molar-refractivity contribution < 1.29 is 14.3 Å². The zero-order valence-electron chi connectivity index (χ0n) is 16.1. The van der Waals surface area contributed by atoms with E-state index in [0.29, 0.717) is 34.4 Å². The lowest BCUT2D eigenvalue weighted by Crippen LogP contribution is -2.34. The van der Waals surface area contributed by atoms with Gasteiger partial charge < -0.3 is 14.8 Å². The first-order valence-electron chi connectivity index (χ1n) is 9.22. The lowest BCUT2D eigenvalue weighted by atomic mass is 10.2. The number of benzene rings is 2. The molecule has 0 heterocycles. The molecule has 0 bridgehead atoms. The van der Waals surface area contributed by atoms with E-state index < -0.39 is 0 Å². The highest BCUT2D eigenvalue weighted by Gasteiger charge is 2.14. The van der Waals surface area contributed by atoms with Crippen molar-refractivity contribution in [2.24, 2.45) is 0 Å². The molecule has 0 saturated heterocycles. The summed E-state index contributed by atoms with van der Waals surface area (Å²) in [4.78, 5) is 12.6. The second kappa shape index (κ2) is 11.5. The minimum absolute atomic E-state index is 0.170. The van der Waals surface area contributed by atoms with Gasteiger partial charge in [-0.3, -0.25) is 10.1 Å². The Balaban J connectivity index is 1.94. The predicted octanol–water partition coefficient (Wildman–Crippen LogP) is 5.43. The number of nitrogens with one attached hydrogen (secondary N) is 2. The van der Waals surface area contributed by atoms with Crippen LogP contribution in [0.25, 0.3) is 0 Å². The number of rotatable bonds is 9. The van der Waals surface area contributed by atoms with Crippen LogP contribution in [0.2, 0.25) is 5.02 Å². The van der Waals surface area contributed by atoms with Crippen LogP contribution in [0, 0.1) is 0 Å². The van der Waals surface area contributed by atoms with Crippen molar-refractivity contribution >= 4 is 40.5 Å². The third kappa shape index (κ3) is 6.69. The summed E-state index contributed by atoms with van der Waals surface area (Å²) in [6.07, 6.45) is 4.43. The number of carbonyl (C=O) groups excluding carboxylic acids is 1. The number of amides is 1. The van der Waals surface area contributed by atoms with Gasteiger partial charge in [0, 0.05) is 5.69 Å². The Labute approximate surface area is 176 Å². The number of hydrogen-bond acceptors (Lipinski definition) is 4. The number of methoxy groups -OCH3 is 1. The molecule has 150 valence electrons. The van der Waals surface area contributed by atoms with Crippen molar-refractivity contribution in [1.29, 1.82) is 0 Å². The van der Waals surface area contributed by atoms with E-state index in [1.807, 2.05) is 6.07 Å². The molecule has 28 heavy (non-hydrogen) atoms. The van der Waals surface area contributed by atoms with Crippen molar-refractivity contribution in [2.75, 3.05) is 19.0 Å². The molecule has 0 saturated carbocycles. The number of halogens is 1. The summed E-state index contributed by atoms with van der Waals surface area (Å²) in [5.41, 5.74) is 1.09. The second-order valence-electron chi connectivity index (χ2n) is 6.16. The third-order valence-electron chi connectivity index (χ3n) is 4.02. The summed E-state index contributed by atoms with van der Waals surface area (Å²) in [5, 5.41) is 6.23. The van der Waals surface area contributed by atoms with Gasteiger partial charge in [0.25, 0.3) is 5.91 Å². The molecule has 0 unspecified atom stereocenters. The molecule has 7 heteroatoms. The van der Waals surface area contributed by atoms with Crippen LogP contribution < -0.4 is 20.1 Å². The topological polar surface area (TPSA) is 59.6 Å². The highest BCUT2D eigenvalue weighted by Crippen LogP contribution is 2.27. The Bertz CT molecular complexity index is 814. The Kier molecular flexibility index (Phi) is 9.04. The van der Waals surface area contributed by atoms with Crippen LogP contribution in [0.3, 0.4) is 0 Å². The van der Waals surface area contributed by atoms with Gasteiger partial charge in [0.15, 0.2) is 5.11 Å². The fraction of sp³-hybridized carbons (Fsp3) is 0.333. The maximum atomic E-state index is 12.6. The molecule has 0 radical (unpaired) electrons. The first-order valence-corrected chi connectivity index (χ1v) is 10.0. The van der Waals surface area contributed by atoms with E-state index in [4.69, 9.17) is 33.3 Å². The zero-order chi connectivity index (χ0) is 20.4. The van der Waals surface area contributed by atoms with Gasteiger partial charge in [0.1, 0.15) is 11.5 Å². The van der Waals surface area contributed by atoms with Gasteiger partial charge in [0.05, 0.1) is 24.3 Å². The van der Waals surface area contributed by atoms with Gasteiger partial charge in [-0.1, -0.05) is 49.9 Å².